The molecule has 2 N–H and O–H groups in total. The maximum Gasteiger partial charge on any atom is 0.248 e. The lowest BCUT2D eigenvalue weighted by Crippen LogP contribution is -2.14. The van der Waals surface area contributed by atoms with Crippen molar-refractivity contribution in [2.75, 3.05) is 15.8 Å². The number of nitrogens with one attached hydrogen (secondary N) is 2. The van der Waals surface area contributed by atoms with Crippen LogP contribution in [0.1, 0.15) is 13.8 Å². The van der Waals surface area contributed by atoms with E-state index in [1.807, 2.05) is 0 Å². The van der Waals surface area contributed by atoms with E-state index < -0.39 is 10.0 Å². The van der Waals surface area contributed by atoms with Crippen LogP contribution in [-0.2, 0) is 14.8 Å². The number of anilines is 2. The normalized spacial score (nSPS) is 11.4. The fraction of sp³-hybridized carbons (Fsp3) is 0.250. The summed E-state index contributed by atoms with van der Waals surface area (Å²) < 4.78 is 25.1. The molecule has 0 spiro atoms. The van der Waals surface area contributed by atoms with Crippen LogP contribution in [-0.4, -0.2) is 20.1 Å². The van der Waals surface area contributed by atoms with Gasteiger partial charge in [-0.15, -0.1) is 0 Å². The van der Waals surface area contributed by atoms with Crippen molar-refractivity contribution in [1.29, 1.82) is 0 Å². The Hall–Kier alpha value is -1.82. The van der Waals surface area contributed by atoms with Gasteiger partial charge in [-0.1, -0.05) is 6.08 Å². The molecule has 0 atom stereocenters. The third-order valence-electron chi connectivity index (χ3n) is 2.12. The SMILES string of the molecule is CC=CC(=O)Nc1ccc(NS(=O)(=O)CC)cc1. The van der Waals surface area contributed by atoms with Gasteiger partial charge >= 0.3 is 0 Å². The van der Waals surface area contributed by atoms with Gasteiger partial charge in [0.2, 0.25) is 15.9 Å². The van der Waals surface area contributed by atoms with Crippen molar-refractivity contribution in [2.45, 2.75) is 13.8 Å². The van der Waals surface area contributed by atoms with Crippen molar-refractivity contribution in [2.24, 2.45) is 0 Å². The zero-order chi connectivity index (χ0) is 13.6. The zero-order valence-corrected chi connectivity index (χ0v) is 11.1. The Balaban J connectivity index is 2.72. The molecule has 1 rings (SSSR count). The molecule has 1 amide bonds. The minimum Gasteiger partial charge on any atom is -0.323 e. The van der Waals surface area contributed by atoms with E-state index >= 15 is 0 Å². The lowest BCUT2D eigenvalue weighted by Gasteiger charge is -2.07. The van der Waals surface area contributed by atoms with Gasteiger partial charge in [-0.05, 0) is 44.2 Å². The Morgan fingerprint density at radius 2 is 1.78 bits per heavy atom. The molecule has 18 heavy (non-hydrogen) atoms. The summed E-state index contributed by atoms with van der Waals surface area (Å²) in [6, 6.07) is 6.46. The molecule has 5 nitrogen and oxygen atoms in total. The number of benzene rings is 1. The molecule has 0 saturated carbocycles. The summed E-state index contributed by atoms with van der Waals surface area (Å²) >= 11 is 0. The number of hydrogen-bond donors (Lipinski definition) is 2. The molecule has 0 radical (unpaired) electrons. The smallest absolute Gasteiger partial charge is 0.248 e. The highest BCUT2D eigenvalue weighted by molar-refractivity contribution is 7.92. The number of hydrogen-bond acceptors (Lipinski definition) is 3. The first-order valence-electron chi connectivity index (χ1n) is 5.51. The molecule has 0 unspecified atom stereocenters. The molecule has 0 aliphatic carbocycles. The highest BCUT2D eigenvalue weighted by Gasteiger charge is 2.06. The van der Waals surface area contributed by atoms with Gasteiger partial charge in [0.25, 0.3) is 0 Å². The van der Waals surface area contributed by atoms with Crippen LogP contribution < -0.4 is 10.0 Å². The Kier molecular flexibility index (Phi) is 4.91. The van der Waals surface area contributed by atoms with Crippen LogP contribution >= 0.6 is 0 Å². The Morgan fingerprint density at radius 1 is 1.22 bits per heavy atom. The first-order chi connectivity index (χ1) is 8.46. The van der Waals surface area contributed by atoms with Crippen LogP contribution in [0.4, 0.5) is 11.4 Å². The number of sulfonamides is 1. The fourth-order valence-electron chi connectivity index (χ4n) is 1.21. The summed E-state index contributed by atoms with van der Waals surface area (Å²) in [5.74, 6) is -0.202. The highest BCUT2D eigenvalue weighted by Crippen LogP contribution is 2.14. The van der Waals surface area contributed by atoms with Crippen LogP contribution in [0.3, 0.4) is 0 Å². The summed E-state index contributed by atoms with van der Waals surface area (Å²) in [4.78, 5) is 11.3. The maximum absolute atomic E-state index is 11.3. The molecule has 0 fully saturated rings. The number of carbonyl (C=O) groups is 1. The van der Waals surface area contributed by atoms with Crippen LogP contribution in [0.25, 0.3) is 0 Å². The van der Waals surface area contributed by atoms with Crippen LogP contribution in [0.15, 0.2) is 36.4 Å². The van der Waals surface area contributed by atoms with Crippen molar-refractivity contribution < 1.29 is 13.2 Å². The van der Waals surface area contributed by atoms with Crippen molar-refractivity contribution in [3.8, 4) is 0 Å². The highest BCUT2D eigenvalue weighted by atomic mass is 32.2. The third kappa shape index (κ3) is 4.58. The third-order valence-corrected chi connectivity index (χ3v) is 3.43. The molecule has 0 bridgehead atoms. The second-order valence-corrected chi connectivity index (χ2v) is 5.58. The average molecular weight is 268 g/mol. The van der Waals surface area contributed by atoms with Crippen molar-refractivity contribution in [3.05, 3.63) is 36.4 Å². The molecular formula is C12H16N2O3S. The predicted molar refractivity (Wildman–Crippen MR) is 73.0 cm³/mol. The topological polar surface area (TPSA) is 75.3 Å². The molecule has 0 aliphatic rings. The van der Waals surface area contributed by atoms with E-state index in [4.69, 9.17) is 0 Å². The van der Waals surface area contributed by atoms with E-state index in [2.05, 4.69) is 10.0 Å². The molecular weight excluding hydrogens is 252 g/mol. The minimum absolute atomic E-state index is 0.0206. The van der Waals surface area contributed by atoms with Gasteiger partial charge in [0, 0.05) is 11.4 Å². The maximum atomic E-state index is 11.3. The summed E-state index contributed by atoms with van der Waals surface area (Å²) in [6.07, 6.45) is 3.05. The van der Waals surface area contributed by atoms with Gasteiger partial charge < -0.3 is 5.32 Å². The minimum atomic E-state index is -3.27. The molecule has 1 aromatic rings. The number of carbonyl (C=O) groups excluding carboxylic acids is 1. The van der Waals surface area contributed by atoms with Gasteiger partial charge in [0.15, 0.2) is 0 Å². The summed E-state index contributed by atoms with van der Waals surface area (Å²) in [5.41, 5.74) is 1.08. The zero-order valence-electron chi connectivity index (χ0n) is 10.3. The largest absolute Gasteiger partial charge is 0.323 e. The van der Waals surface area contributed by atoms with E-state index in [9.17, 15) is 13.2 Å². The Bertz CT molecular complexity index is 533. The predicted octanol–water partition coefficient (Wildman–Crippen LogP) is 1.96. The monoisotopic (exact) mass is 268 g/mol. The van der Waals surface area contributed by atoms with Gasteiger partial charge in [-0.2, -0.15) is 0 Å². The number of allylic oxidation sites excluding steroid dienone is 1. The van der Waals surface area contributed by atoms with Gasteiger partial charge in [0.05, 0.1) is 5.75 Å². The Labute approximate surface area is 107 Å². The van der Waals surface area contributed by atoms with E-state index in [1.165, 1.54) is 6.08 Å². The number of amides is 1. The Morgan fingerprint density at radius 3 is 2.28 bits per heavy atom. The van der Waals surface area contributed by atoms with Gasteiger partial charge in [-0.3, -0.25) is 9.52 Å². The summed E-state index contributed by atoms with van der Waals surface area (Å²) in [6.45, 7) is 3.32. The molecule has 1 aromatic carbocycles. The van der Waals surface area contributed by atoms with Gasteiger partial charge in [-0.25, -0.2) is 8.42 Å². The quantitative estimate of drug-likeness (QED) is 0.802. The van der Waals surface area contributed by atoms with Crippen molar-refractivity contribution >= 4 is 27.3 Å². The van der Waals surface area contributed by atoms with Crippen LogP contribution in [0, 0.1) is 0 Å². The lowest BCUT2D eigenvalue weighted by atomic mass is 10.3. The second kappa shape index (κ2) is 6.20. The molecule has 0 aliphatic heterocycles. The molecule has 0 aromatic heterocycles. The molecule has 0 saturated heterocycles. The van der Waals surface area contributed by atoms with E-state index in [0.717, 1.165) is 0 Å². The first kappa shape index (κ1) is 14.2. The van der Waals surface area contributed by atoms with Crippen LogP contribution in [0.2, 0.25) is 0 Å². The fourth-order valence-corrected chi connectivity index (χ4v) is 1.85. The van der Waals surface area contributed by atoms with Crippen LogP contribution in [0.5, 0.6) is 0 Å². The summed E-state index contributed by atoms with van der Waals surface area (Å²) in [7, 11) is -3.27. The van der Waals surface area contributed by atoms with Crippen molar-refractivity contribution in [1.82, 2.24) is 0 Å². The number of rotatable bonds is 5. The van der Waals surface area contributed by atoms with Gasteiger partial charge in [0.1, 0.15) is 0 Å². The lowest BCUT2D eigenvalue weighted by molar-refractivity contribution is -0.111. The first-order valence-corrected chi connectivity index (χ1v) is 7.16. The molecule has 98 valence electrons. The average Bonchev–Trinajstić information content (AvgIpc) is 2.32. The standard InChI is InChI=1S/C12H16N2O3S/c1-3-5-12(15)13-10-6-8-11(9-7-10)14-18(16,17)4-2/h3,5-9,14H,4H2,1-2H3,(H,13,15). The van der Waals surface area contributed by atoms with E-state index in [-0.39, 0.29) is 11.7 Å². The van der Waals surface area contributed by atoms with E-state index in [0.29, 0.717) is 11.4 Å². The van der Waals surface area contributed by atoms with E-state index in [1.54, 1.807) is 44.2 Å². The summed E-state index contributed by atoms with van der Waals surface area (Å²) in [5, 5.41) is 2.64. The van der Waals surface area contributed by atoms with Crippen molar-refractivity contribution in [3.63, 3.8) is 0 Å². The molecule has 6 heteroatoms. The molecule has 0 heterocycles. The second-order valence-electron chi connectivity index (χ2n) is 3.57.